The Morgan fingerprint density at radius 1 is 0.355 bits per heavy atom. The monoisotopic (exact) mass is 1570 g/mol. The van der Waals surface area contributed by atoms with Crippen LogP contribution in [0.3, 0.4) is 0 Å². The van der Waals surface area contributed by atoms with Gasteiger partial charge < -0.3 is 124 Å². The van der Waals surface area contributed by atoms with Crippen molar-refractivity contribution in [2.75, 3.05) is 32.7 Å². The molecule has 622 valence electrons. The Balaban J connectivity index is 6.78. The van der Waals surface area contributed by atoms with Crippen LogP contribution in [0.5, 0.6) is 0 Å². The molecule has 0 heterocycles. The maximum atomic E-state index is 14.2. The normalized spacial score (nSPS) is 14.9. The fourth-order valence-corrected chi connectivity index (χ4v) is 10.4. The Bertz CT molecular complexity index is 3220. The average molecular weight is 1570 g/mol. The lowest BCUT2D eigenvalue weighted by Crippen LogP contribution is -2.61. The lowest BCUT2D eigenvalue weighted by molar-refractivity contribution is -0.142. The van der Waals surface area contributed by atoms with E-state index in [-0.39, 0.29) is 68.3 Å². The van der Waals surface area contributed by atoms with E-state index < -0.39 is 262 Å². The van der Waals surface area contributed by atoms with Crippen molar-refractivity contribution < 1.29 is 112 Å². The number of hydrogen-bond acceptors (Lipinski definition) is 22. The third-order valence-electron chi connectivity index (χ3n) is 16.7. The second-order valence-electron chi connectivity index (χ2n) is 27.8. The van der Waals surface area contributed by atoms with Gasteiger partial charge in [-0.3, -0.25) is 91.3 Å². The summed E-state index contributed by atoms with van der Waals surface area (Å²) in [7, 11) is 0. The first-order valence-electron chi connectivity index (χ1n) is 36.1. The molecule has 0 rings (SSSR count). The fraction of sp³-hybridized carbons (Fsp3) is 0.701. The van der Waals surface area contributed by atoms with Crippen LogP contribution in [-0.2, 0) is 91.1 Å². The number of carbonyl (C=O) groups excluding carboxylic acids is 16. The molecule has 0 aromatic carbocycles. The van der Waals surface area contributed by atoms with Gasteiger partial charge in [-0.1, -0.05) is 82.1 Å². The summed E-state index contributed by atoms with van der Waals surface area (Å²) in [6, 6.07) is -17.8. The molecule has 0 aliphatic rings. The minimum atomic E-state index is -2.20. The number of carboxylic acids is 3. The number of aliphatic hydroxyl groups is 1. The highest BCUT2D eigenvalue weighted by Gasteiger charge is 2.39. The Hall–Kier alpha value is -10.9. The number of carboxylic acid groups (broad SMARTS) is 3. The maximum absolute atomic E-state index is 14.2. The molecule has 28 N–H and O–H groups in total. The van der Waals surface area contributed by atoms with Gasteiger partial charge in [0, 0.05) is 25.8 Å². The van der Waals surface area contributed by atoms with Crippen molar-refractivity contribution in [2.45, 2.75) is 239 Å². The average Bonchev–Trinajstić information content (AvgIpc) is 0.852. The fourth-order valence-electron chi connectivity index (χ4n) is 10.4. The molecule has 43 heteroatoms. The number of nitrogens with zero attached hydrogens (tertiary/aromatic N) is 1. The van der Waals surface area contributed by atoms with E-state index in [4.69, 9.17) is 28.7 Å². The first-order valence-corrected chi connectivity index (χ1v) is 36.1. The Morgan fingerprint density at radius 2 is 0.700 bits per heavy atom. The van der Waals surface area contributed by atoms with Gasteiger partial charge in [0.2, 0.25) is 94.5 Å². The Morgan fingerprint density at radius 3 is 1.08 bits per heavy atom. The Kier molecular flexibility index (Phi) is 46.4. The summed E-state index contributed by atoms with van der Waals surface area (Å²) < 4.78 is 0. The molecule has 0 saturated heterocycles. The predicted molar refractivity (Wildman–Crippen MR) is 392 cm³/mol. The van der Waals surface area contributed by atoms with E-state index in [1.54, 1.807) is 69.2 Å². The number of aliphatic carboxylic acids is 3. The van der Waals surface area contributed by atoms with Crippen LogP contribution < -0.4 is 103 Å². The van der Waals surface area contributed by atoms with Gasteiger partial charge in [0.05, 0.1) is 38.7 Å². The van der Waals surface area contributed by atoms with E-state index in [0.717, 1.165) is 6.92 Å². The molecule has 0 aromatic rings. The molecule has 0 aliphatic carbocycles. The molecule has 0 saturated carbocycles. The number of hydrogen-bond donors (Lipinski definition) is 23. The van der Waals surface area contributed by atoms with Gasteiger partial charge in [-0.15, -0.1) is 0 Å². The predicted octanol–water partition coefficient (Wildman–Crippen LogP) is -7.75. The number of guanidine groups is 1. The highest BCUT2D eigenvalue weighted by molar-refractivity contribution is 6.00. The van der Waals surface area contributed by atoms with Gasteiger partial charge in [-0.2, -0.15) is 0 Å². The second kappa shape index (κ2) is 51.5. The summed E-state index contributed by atoms with van der Waals surface area (Å²) in [6.45, 7) is 15.5. The quantitative estimate of drug-likeness (QED) is 0.0153. The topological polar surface area (TPSA) is 716 Å². The first-order chi connectivity index (χ1) is 51.3. The van der Waals surface area contributed by atoms with E-state index in [9.17, 15) is 112 Å². The van der Waals surface area contributed by atoms with Gasteiger partial charge in [-0.25, -0.2) is 4.79 Å². The minimum Gasteiger partial charge on any atom is -0.481 e. The molecule has 0 radical (unpaired) electrons. The number of rotatable bonds is 55. The molecule has 16 amide bonds. The van der Waals surface area contributed by atoms with Crippen LogP contribution in [0, 0.1) is 29.6 Å². The van der Waals surface area contributed by atoms with Crippen LogP contribution >= 0.6 is 0 Å². The molecule has 0 unspecified atom stereocenters. The van der Waals surface area contributed by atoms with Crippen LogP contribution in [0.15, 0.2) is 4.99 Å². The van der Waals surface area contributed by atoms with Crippen molar-refractivity contribution in [2.24, 2.45) is 63.3 Å². The number of nitrogens with one attached hydrogen (secondary N) is 14. The van der Waals surface area contributed by atoms with Gasteiger partial charge in [-0.05, 0) is 87.9 Å². The zero-order chi connectivity index (χ0) is 84.4. The third kappa shape index (κ3) is 40.9. The molecule has 0 aromatic heterocycles. The zero-order valence-corrected chi connectivity index (χ0v) is 64.1. The molecule has 14 atom stereocenters. The zero-order valence-electron chi connectivity index (χ0n) is 64.1. The number of carbonyl (C=O) groups is 19. The van der Waals surface area contributed by atoms with Crippen LogP contribution in [0.4, 0.5) is 0 Å². The van der Waals surface area contributed by atoms with Crippen molar-refractivity contribution in [1.29, 1.82) is 0 Å². The standard InChI is InChI=1S/C67H116N20O23/c1-12-34(9)53(85-47(91)27-68)63(106)84-43(25-33(7)8)61(104)86-54(35(10)13-2)64(107)82-41(23-31(3)4)57(100)76-30-50(94)77-37(16-19-45(69)89)58(101)80-39(18-21-51(95)96)59(102)79-38(17-20-46(70)90)60(103)81-44(26-52(97)98)62(105)87-55(36(11)88)65(108)83-42(24-32(5)6)56(99)75-28-48(92)74-29-49(93)78-40(66(109)110)15-14-22-73-67(71)72/h31-44,53-55,88H,12-30,68H2,1-11H3,(H2,69,89)(H2,70,90)(H,74,92)(H,75,99)(H,76,100)(H,77,94)(H,78,93)(H,79,102)(H,80,101)(H,81,103)(H,82,107)(H,83,108)(H,84,106)(H,85,91)(H,86,104)(H,87,105)(H,95,96)(H,97,98)(H,109,110)(H4,71,72,73)/t34-,35-,36+,37-,38-,39-,40-,41-,42-,43-,44-,53-,54-,55-/m0/s1. The van der Waals surface area contributed by atoms with E-state index in [1.807, 2.05) is 0 Å². The molecule has 0 fully saturated rings. The van der Waals surface area contributed by atoms with Crippen molar-refractivity contribution in [3.05, 3.63) is 0 Å². The summed E-state index contributed by atoms with van der Waals surface area (Å²) in [5, 5.41) is 72.6. The highest BCUT2D eigenvalue weighted by atomic mass is 16.4. The second-order valence-corrected chi connectivity index (χ2v) is 27.8. The molecule has 110 heavy (non-hydrogen) atoms. The molecule has 0 spiro atoms. The highest BCUT2D eigenvalue weighted by Crippen LogP contribution is 2.16. The number of amides is 16. The summed E-state index contributed by atoms with van der Waals surface area (Å²) >= 11 is 0. The largest absolute Gasteiger partial charge is 0.481 e. The van der Waals surface area contributed by atoms with E-state index in [0.29, 0.717) is 12.8 Å². The van der Waals surface area contributed by atoms with E-state index in [1.165, 1.54) is 0 Å². The van der Waals surface area contributed by atoms with Crippen LogP contribution in [0.1, 0.15) is 166 Å². The van der Waals surface area contributed by atoms with E-state index >= 15 is 0 Å². The van der Waals surface area contributed by atoms with Crippen molar-refractivity contribution in [3.8, 4) is 0 Å². The first kappa shape index (κ1) is 99.1. The van der Waals surface area contributed by atoms with Crippen molar-refractivity contribution in [3.63, 3.8) is 0 Å². The number of nitrogens with two attached hydrogens (primary N) is 5. The molecular weight excluding hydrogens is 1450 g/mol. The van der Waals surface area contributed by atoms with Crippen molar-refractivity contribution >= 4 is 118 Å². The van der Waals surface area contributed by atoms with Crippen molar-refractivity contribution in [1.82, 2.24) is 74.4 Å². The third-order valence-corrected chi connectivity index (χ3v) is 16.7. The molecule has 0 bridgehead atoms. The summed E-state index contributed by atoms with van der Waals surface area (Å²) in [5.41, 5.74) is 26.8. The number of primary amides is 2. The van der Waals surface area contributed by atoms with Gasteiger partial charge in [0.25, 0.3) is 0 Å². The van der Waals surface area contributed by atoms with E-state index in [2.05, 4.69) is 79.4 Å². The van der Waals surface area contributed by atoms with Gasteiger partial charge in [0.1, 0.15) is 66.5 Å². The maximum Gasteiger partial charge on any atom is 0.326 e. The van der Waals surface area contributed by atoms with Crippen LogP contribution in [-0.4, -0.2) is 244 Å². The van der Waals surface area contributed by atoms with Gasteiger partial charge >= 0.3 is 17.9 Å². The van der Waals surface area contributed by atoms with Crippen LogP contribution in [0.25, 0.3) is 0 Å². The lowest BCUT2D eigenvalue weighted by atomic mass is 9.95. The SMILES string of the molecule is CC[C@H](C)[C@H](NC(=O)CN)C(=O)N[C@@H](CC(C)C)C(=O)N[C@H](C(=O)N[C@@H](CC(C)C)C(=O)NCC(=O)N[C@@H](CCC(N)=O)C(=O)N[C@@H](CCC(=O)O)C(=O)N[C@@H](CCC(N)=O)C(=O)N[C@@H](CC(=O)O)C(=O)N[C@H](C(=O)N[C@@H](CC(C)C)C(=O)NCC(=O)NCC(=O)N[C@@H](CCCN=C(N)N)C(=O)O)[C@@H](C)O)[C@@H](C)CC. The smallest absolute Gasteiger partial charge is 0.326 e. The van der Waals surface area contributed by atoms with Crippen LogP contribution in [0.2, 0.25) is 0 Å². The van der Waals surface area contributed by atoms with Gasteiger partial charge in [0.15, 0.2) is 5.96 Å². The molecular formula is C67H116N20O23. The summed E-state index contributed by atoms with van der Waals surface area (Å²) in [5.74, 6) is -23.3. The number of aliphatic hydroxyl groups excluding tert-OH is 1. The number of aliphatic imine (C=N–C) groups is 1. The molecule has 0 aliphatic heterocycles. The minimum absolute atomic E-state index is 0.0314. The molecule has 43 nitrogen and oxygen atoms in total. The summed E-state index contributed by atoms with van der Waals surface area (Å²) in [6.07, 6.45) is -6.56. The lowest BCUT2D eigenvalue weighted by Gasteiger charge is -2.30. The summed E-state index contributed by atoms with van der Waals surface area (Å²) in [4.78, 5) is 254. The Labute approximate surface area is 636 Å².